The summed E-state index contributed by atoms with van der Waals surface area (Å²) >= 11 is 0. The Balaban J connectivity index is 2.41. The molecule has 0 aliphatic carbocycles. The number of piperidine rings is 1. The van der Waals surface area contributed by atoms with Crippen molar-refractivity contribution in [3.63, 3.8) is 0 Å². The van der Waals surface area contributed by atoms with E-state index in [4.69, 9.17) is 5.73 Å². The maximum absolute atomic E-state index is 11.9. The summed E-state index contributed by atoms with van der Waals surface area (Å²) in [7, 11) is 0. The molecule has 1 heterocycles. The minimum Gasteiger partial charge on any atom is -0.369 e. The van der Waals surface area contributed by atoms with E-state index < -0.39 is 0 Å². The molecule has 1 rings (SSSR count). The Hall–Kier alpha value is -1.52. The normalized spacial score (nSPS) is 18.0. The van der Waals surface area contributed by atoms with Crippen LogP contribution in [0.2, 0.25) is 0 Å². The van der Waals surface area contributed by atoms with Gasteiger partial charge in [-0.3, -0.25) is 4.79 Å². The van der Waals surface area contributed by atoms with E-state index in [0.29, 0.717) is 31.8 Å². The molecular formula is C13H23N3O2. The van der Waals surface area contributed by atoms with E-state index in [0.717, 1.165) is 5.57 Å². The zero-order chi connectivity index (χ0) is 13.7. The molecule has 0 bridgehead atoms. The molecule has 3 N–H and O–H groups in total. The third kappa shape index (κ3) is 4.05. The van der Waals surface area contributed by atoms with Gasteiger partial charge in [0.1, 0.15) is 0 Å². The first-order valence-corrected chi connectivity index (χ1v) is 6.43. The maximum atomic E-state index is 11.9. The number of nitrogens with zero attached hydrogens (tertiary/aromatic N) is 1. The molecule has 0 spiro atoms. The van der Waals surface area contributed by atoms with Crippen LogP contribution in [0, 0.1) is 11.8 Å². The van der Waals surface area contributed by atoms with Crippen molar-refractivity contribution in [2.24, 2.45) is 17.6 Å². The topological polar surface area (TPSA) is 75.4 Å². The van der Waals surface area contributed by atoms with Crippen LogP contribution in [-0.4, -0.2) is 29.9 Å². The van der Waals surface area contributed by atoms with Crippen LogP contribution < -0.4 is 11.1 Å². The van der Waals surface area contributed by atoms with Gasteiger partial charge in [0.25, 0.3) is 0 Å². The first kappa shape index (κ1) is 14.5. The van der Waals surface area contributed by atoms with Gasteiger partial charge in [0.2, 0.25) is 5.91 Å². The van der Waals surface area contributed by atoms with E-state index in [-0.39, 0.29) is 17.9 Å². The summed E-state index contributed by atoms with van der Waals surface area (Å²) in [6.07, 6.45) is 3.08. The predicted molar refractivity (Wildman–Crippen MR) is 70.6 cm³/mol. The second kappa shape index (κ2) is 6.42. The Morgan fingerprint density at radius 3 is 2.33 bits per heavy atom. The fourth-order valence-electron chi connectivity index (χ4n) is 1.80. The molecule has 0 aromatic carbocycles. The average molecular weight is 253 g/mol. The maximum Gasteiger partial charge on any atom is 0.321 e. The van der Waals surface area contributed by atoms with Crippen LogP contribution in [0.1, 0.15) is 33.6 Å². The molecule has 5 heteroatoms. The first-order chi connectivity index (χ1) is 8.41. The summed E-state index contributed by atoms with van der Waals surface area (Å²) in [5.74, 6) is 0.0819. The number of carbonyl (C=O) groups excluding carboxylic acids is 2. The fraction of sp³-hybridized carbons (Fsp3) is 0.692. The Kier molecular flexibility index (Phi) is 5.19. The number of nitrogens with one attached hydrogen (secondary N) is 1. The number of urea groups is 1. The third-order valence-electron chi connectivity index (χ3n) is 3.52. The fourth-order valence-corrected chi connectivity index (χ4v) is 1.80. The van der Waals surface area contributed by atoms with Crippen LogP contribution >= 0.6 is 0 Å². The van der Waals surface area contributed by atoms with E-state index in [1.807, 2.05) is 6.92 Å². The van der Waals surface area contributed by atoms with Gasteiger partial charge in [0.05, 0.1) is 0 Å². The van der Waals surface area contributed by atoms with Crippen molar-refractivity contribution >= 4 is 11.9 Å². The summed E-state index contributed by atoms with van der Waals surface area (Å²) in [6.45, 7) is 7.33. The average Bonchev–Trinajstić information content (AvgIpc) is 2.35. The van der Waals surface area contributed by atoms with E-state index in [2.05, 4.69) is 19.2 Å². The number of primary amides is 1. The van der Waals surface area contributed by atoms with Crippen molar-refractivity contribution < 1.29 is 9.59 Å². The van der Waals surface area contributed by atoms with E-state index in [9.17, 15) is 9.59 Å². The Labute approximate surface area is 108 Å². The van der Waals surface area contributed by atoms with Crippen molar-refractivity contribution in [1.82, 2.24) is 10.2 Å². The number of carbonyl (C=O) groups is 2. The highest BCUT2D eigenvalue weighted by Crippen LogP contribution is 2.16. The summed E-state index contributed by atoms with van der Waals surface area (Å²) in [5.41, 5.74) is 6.39. The van der Waals surface area contributed by atoms with Crippen LogP contribution in [0.4, 0.5) is 4.79 Å². The minimum absolute atomic E-state index is 0.0815. The zero-order valence-electron chi connectivity index (χ0n) is 11.4. The van der Waals surface area contributed by atoms with Crippen molar-refractivity contribution in [2.45, 2.75) is 33.6 Å². The van der Waals surface area contributed by atoms with Crippen LogP contribution in [0.25, 0.3) is 0 Å². The monoisotopic (exact) mass is 253 g/mol. The largest absolute Gasteiger partial charge is 0.369 e. The van der Waals surface area contributed by atoms with Gasteiger partial charge in [-0.2, -0.15) is 0 Å². The second-order valence-corrected chi connectivity index (χ2v) is 5.16. The van der Waals surface area contributed by atoms with Crippen molar-refractivity contribution in [1.29, 1.82) is 0 Å². The Morgan fingerprint density at radius 2 is 1.89 bits per heavy atom. The molecule has 1 aliphatic rings. The molecule has 0 radical (unpaired) electrons. The lowest BCUT2D eigenvalue weighted by molar-refractivity contribution is -0.122. The lowest BCUT2D eigenvalue weighted by Gasteiger charge is -2.30. The van der Waals surface area contributed by atoms with Crippen LogP contribution in [0.3, 0.4) is 0 Å². The molecular weight excluding hydrogens is 230 g/mol. The SMILES string of the molecule is C/C(=C\NC(=O)N1CCC(C(N)=O)CC1)C(C)C. The molecule has 1 fully saturated rings. The first-order valence-electron chi connectivity index (χ1n) is 6.43. The van der Waals surface area contributed by atoms with E-state index >= 15 is 0 Å². The van der Waals surface area contributed by atoms with Crippen molar-refractivity contribution in [3.05, 3.63) is 11.8 Å². The van der Waals surface area contributed by atoms with Crippen molar-refractivity contribution in [2.75, 3.05) is 13.1 Å². The highest BCUT2D eigenvalue weighted by Gasteiger charge is 2.25. The van der Waals surface area contributed by atoms with Crippen LogP contribution in [0.5, 0.6) is 0 Å². The molecule has 3 amide bonds. The number of amides is 3. The van der Waals surface area contributed by atoms with Gasteiger partial charge in [0.15, 0.2) is 0 Å². The predicted octanol–water partition coefficient (Wildman–Crippen LogP) is 1.45. The van der Waals surface area contributed by atoms with Gasteiger partial charge < -0.3 is 16.0 Å². The molecule has 0 aromatic heterocycles. The van der Waals surface area contributed by atoms with Gasteiger partial charge in [-0.05, 0) is 25.7 Å². The molecule has 0 saturated carbocycles. The number of allylic oxidation sites excluding steroid dienone is 1. The zero-order valence-corrected chi connectivity index (χ0v) is 11.4. The smallest absolute Gasteiger partial charge is 0.321 e. The number of rotatable bonds is 3. The lowest BCUT2D eigenvalue weighted by Crippen LogP contribution is -2.45. The van der Waals surface area contributed by atoms with Gasteiger partial charge in [-0.1, -0.05) is 19.4 Å². The molecule has 0 atom stereocenters. The number of hydrogen-bond acceptors (Lipinski definition) is 2. The number of hydrogen-bond donors (Lipinski definition) is 2. The van der Waals surface area contributed by atoms with Crippen LogP contribution in [0.15, 0.2) is 11.8 Å². The highest BCUT2D eigenvalue weighted by molar-refractivity contribution is 5.78. The van der Waals surface area contributed by atoms with Gasteiger partial charge in [0, 0.05) is 25.2 Å². The molecule has 1 aliphatic heterocycles. The molecule has 0 aromatic rings. The molecule has 1 saturated heterocycles. The number of likely N-dealkylation sites (tertiary alicyclic amines) is 1. The number of nitrogens with two attached hydrogens (primary N) is 1. The van der Waals surface area contributed by atoms with Gasteiger partial charge >= 0.3 is 6.03 Å². The third-order valence-corrected chi connectivity index (χ3v) is 3.52. The van der Waals surface area contributed by atoms with Gasteiger partial charge in [-0.15, -0.1) is 0 Å². The summed E-state index contributed by atoms with van der Waals surface area (Å²) in [5, 5.41) is 2.79. The standard InChI is InChI=1S/C13H23N3O2/c1-9(2)10(3)8-15-13(18)16-6-4-11(5-7-16)12(14)17/h8-9,11H,4-7H2,1-3H3,(H2,14,17)(H,15,18)/b10-8+. The van der Waals surface area contributed by atoms with E-state index in [1.54, 1.807) is 11.1 Å². The molecule has 5 nitrogen and oxygen atoms in total. The van der Waals surface area contributed by atoms with Crippen LogP contribution in [-0.2, 0) is 4.79 Å². The lowest BCUT2D eigenvalue weighted by atomic mass is 9.96. The quantitative estimate of drug-likeness (QED) is 0.798. The van der Waals surface area contributed by atoms with Gasteiger partial charge in [-0.25, -0.2) is 4.79 Å². The highest BCUT2D eigenvalue weighted by atomic mass is 16.2. The van der Waals surface area contributed by atoms with E-state index in [1.165, 1.54) is 0 Å². The Morgan fingerprint density at radius 1 is 1.33 bits per heavy atom. The molecule has 102 valence electrons. The summed E-state index contributed by atoms with van der Waals surface area (Å²) in [4.78, 5) is 24.6. The summed E-state index contributed by atoms with van der Waals surface area (Å²) in [6, 6.07) is -0.0991. The van der Waals surface area contributed by atoms with Crippen molar-refractivity contribution in [3.8, 4) is 0 Å². The summed E-state index contributed by atoms with van der Waals surface area (Å²) < 4.78 is 0. The minimum atomic E-state index is -0.259. The second-order valence-electron chi connectivity index (χ2n) is 5.16. The molecule has 0 unspecified atom stereocenters. The Bertz CT molecular complexity index is 342. The molecule has 18 heavy (non-hydrogen) atoms.